The van der Waals surface area contributed by atoms with Gasteiger partial charge in [-0.3, -0.25) is 9.69 Å². The third-order valence-electron chi connectivity index (χ3n) is 8.84. The van der Waals surface area contributed by atoms with Crippen molar-refractivity contribution in [3.05, 3.63) is 63.9 Å². The lowest BCUT2D eigenvalue weighted by atomic mass is 9.85. The van der Waals surface area contributed by atoms with Gasteiger partial charge in [0.15, 0.2) is 0 Å². The minimum Gasteiger partial charge on any atom is -0.338 e. The van der Waals surface area contributed by atoms with E-state index in [1.165, 1.54) is 5.56 Å². The number of piperidine rings is 2. The molecule has 198 valence electrons. The maximum atomic E-state index is 13.3. The highest BCUT2D eigenvalue weighted by atomic mass is 35.5. The summed E-state index contributed by atoms with van der Waals surface area (Å²) < 4.78 is 0. The van der Waals surface area contributed by atoms with Crippen LogP contribution in [0.1, 0.15) is 65.8 Å². The zero-order valence-electron chi connectivity index (χ0n) is 22.4. The highest BCUT2D eigenvalue weighted by Crippen LogP contribution is 2.37. The Balaban J connectivity index is 1.21. The van der Waals surface area contributed by atoms with Gasteiger partial charge in [0, 0.05) is 51.4 Å². The number of urea groups is 1. The molecule has 3 fully saturated rings. The van der Waals surface area contributed by atoms with Crippen LogP contribution < -0.4 is 0 Å². The topological polar surface area (TPSA) is 60.0 Å². The Hall–Kier alpha value is -2.64. The lowest BCUT2D eigenvalue weighted by molar-refractivity contribution is 0.00496. The number of amides is 3. The zero-order chi connectivity index (χ0) is 26.3. The van der Waals surface area contributed by atoms with E-state index in [0.717, 1.165) is 64.0 Å². The van der Waals surface area contributed by atoms with Crippen LogP contribution in [0.2, 0.25) is 5.15 Å². The molecule has 0 saturated carbocycles. The molecule has 1 aromatic heterocycles. The van der Waals surface area contributed by atoms with Gasteiger partial charge in [-0.25, -0.2) is 9.78 Å². The van der Waals surface area contributed by atoms with E-state index in [1.54, 1.807) is 6.07 Å². The first-order valence-corrected chi connectivity index (χ1v) is 13.8. The molecule has 0 radical (unpaired) electrons. The van der Waals surface area contributed by atoms with Crippen LogP contribution in [0.3, 0.4) is 0 Å². The minimum absolute atomic E-state index is 0.0588. The maximum Gasteiger partial charge on any atom is 0.320 e. The molecule has 8 heteroatoms. The number of carbonyl (C=O) groups is 2. The second kappa shape index (κ2) is 10.3. The van der Waals surface area contributed by atoms with Crippen molar-refractivity contribution in [2.75, 3.05) is 39.8 Å². The summed E-state index contributed by atoms with van der Waals surface area (Å²) in [6.45, 7) is 10.3. The van der Waals surface area contributed by atoms with Crippen molar-refractivity contribution in [2.45, 2.75) is 64.1 Å². The van der Waals surface area contributed by atoms with Crippen molar-refractivity contribution in [1.82, 2.24) is 24.6 Å². The maximum absolute atomic E-state index is 13.3. The molecule has 3 aliphatic rings. The van der Waals surface area contributed by atoms with Crippen LogP contribution in [0.25, 0.3) is 0 Å². The molecule has 3 amide bonds. The Bertz CT molecular complexity index is 1130. The Morgan fingerprint density at radius 2 is 1.70 bits per heavy atom. The number of likely N-dealkylation sites (tertiary alicyclic amines) is 2. The molecule has 7 nitrogen and oxygen atoms in total. The number of nitrogens with zero attached hydrogens (tertiary/aromatic N) is 5. The first-order valence-electron chi connectivity index (χ1n) is 13.4. The quantitative estimate of drug-likeness (QED) is 0.534. The normalized spacial score (nSPS) is 23.1. The van der Waals surface area contributed by atoms with Crippen molar-refractivity contribution < 1.29 is 9.59 Å². The molecule has 0 unspecified atom stereocenters. The zero-order valence-corrected chi connectivity index (χ0v) is 23.2. The van der Waals surface area contributed by atoms with E-state index in [2.05, 4.69) is 46.0 Å². The molecule has 0 N–H and O–H groups in total. The predicted molar refractivity (Wildman–Crippen MR) is 146 cm³/mol. The molecule has 0 bridgehead atoms. The van der Waals surface area contributed by atoms with E-state index in [4.69, 9.17) is 11.6 Å². The van der Waals surface area contributed by atoms with Gasteiger partial charge in [0.25, 0.3) is 5.91 Å². The average molecular weight is 524 g/mol. The van der Waals surface area contributed by atoms with E-state index < -0.39 is 0 Å². The number of aryl methyl sites for hydroxylation is 2. The van der Waals surface area contributed by atoms with Crippen LogP contribution >= 0.6 is 11.6 Å². The predicted octanol–water partition coefficient (Wildman–Crippen LogP) is 4.92. The lowest BCUT2D eigenvalue weighted by Gasteiger charge is -2.50. The van der Waals surface area contributed by atoms with Gasteiger partial charge in [0.2, 0.25) is 0 Å². The molecular weight excluding hydrogens is 486 g/mol. The fourth-order valence-electron chi connectivity index (χ4n) is 6.57. The Kier molecular flexibility index (Phi) is 7.20. The molecule has 1 atom stereocenters. The molecule has 37 heavy (non-hydrogen) atoms. The first-order chi connectivity index (χ1) is 17.7. The summed E-state index contributed by atoms with van der Waals surface area (Å²) in [7, 11) is 1.91. The number of pyridine rings is 1. The summed E-state index contributed by atoms with van der Waals surface area (Å²) in [4.78, 5) is 39.3. The Labute approximate surface area is 225 Å². The molecule has 1 aromatic carbocycles. The number of carbonyl (C=O) groups excluding carboxylic acids is 2. The number of halogens is 1. The van der Waals surface area contributed by atoms with Crippen molar-refractivity contribution in [3.8, 4) is 0 Å². The highest BCUT2D eigenvalue weighted by molar-refractivity contribution is 6.29. The van der Waals surface area contributed by atoms with E-state index in [-0.39, 0.29) is 29.6 Å². The van der Waals surface area contributed by atoms with Gasteiger partial charge in [-0.2, -0.15) is 0 Å². The molecule has 0 aliphatic carbocycles. The van der Waals surface area contributed by atoms with Gasteiger partial charge >= 0.3 is 6.03 Å². The third-order valence-corrected chi connectivity index (χ3v) is 9.04. The second-order valence-electron chi connectivity index (χ2n) is 11.2. The Morgan fingerprint density at radius 1 is 1.05 bits per heavy atom. The number of aromatic nitrogens is 1. The van der Waals surface area contributed by atoms with Crippen LogP contribution in [0.4, 0.5) is 4.79 Å². The summed E-state index contributed by atoms with van der Waals surface area (Å²) in [5.41, 5.74) is 3.54. The SMILES string of the molecule is Cc1cc(Cl)nc(C)c1C(=O)N1CCC(C)(N2CCC(N3C(=O)N(C)C[C@H]3c3ccccc3)CC2)CC1. The van der Waals surface area contributed by atoms with E-state index in [9.17, 15) is 9.59 Å². The summed E-state index contributed by atoms with van der Waals surface area (Å²) >= 11 is 6.08. The molecular formula is C29H38ClN5O2. The Morgan fingerprint density at radius 3 is 2.32 bits per heavy atom. The number of likely N-dealkylation sites (N-methyl/N-ethyl adjacent to an activating group) is 1. The van der Waals surface area contributed by atoms with Gasteiger partial charge in [-0.15, -0.1) is 0 Å². The summed E-state index contributed by atoms with van der Waals surface area (Å²) in [6.07, 6.45) is 3.85. The fraction of sp³-hybridized carbons (Fsp3) is 0.552. The van der Waals surface area contributed by atoms with Gasteiger partial charge in [-0.1, -0.05) is 41.9 Å². The molecule has 3 saturated heterocycles. The minimum atomic E-state index is 0.0588. The first kappa shape index (κ1) is 26.0. The number of benzene rings is 1. The van der Waals surface area contributed by atoms with Crippen LogP contribution in [0.5, 0.6) is 0 Å². The summed E-state index contributed by atoms with van der Waals surface area (Å²) in [5.74, 6) is 0.0588. The van der Waals surface area contributed by atoms with Crippen molar-refractivity contribution in [1.29, 1.82) is 0 Å². The van der Waals surface area contributed by atoms with E-state index >= 15 is 0 Å². The molecule has 4 heterocycles. The van der Waals surface area contributed by atoms with Crippen molar-refractivity contribution in [3.63, 3.8) is 0 Å². The largest absolute Gasteiger partial charge is 0.338 e. The van der Waals surface area contributed by atoms with Gasteiger partial charge in [0.05, 0.1) is 17.3 Å². The van der Waals surface area contributed by atoms with Crippen molar-refractivity contribution >= 4 is 23.5 Å². The highest BCUT2D eigenvalue weighted by Gasteiger charge is 2.44. The van der Waals surface area contributed by atoms with Crippen molar-refractivity contribution in [2.24, 2.45) is 0 Å². The average Bonchev–Trinajstić information content (AvgIpc) is 3.18. The number of hydrogen-bond donors (Lipinski definition) is 0. The van der Waals surface area contributed by atoms with Crippen LogP contribution in [-0.2, 0) is 0 Å². The molecule has 0 spiro atoms. The monoisotopic (exact) mass is 523 g/mol. The number of rotatable bonds is 4. The van der Waals surface area contributed by atoms with Gasteiger partial charge in [0.1, 0.15) is 5.15 Å². The van der Waals surface area contributed by atoms with Crippen LogP contribution in [0.15, 0.2) is 36.4 Å². The second-order valence-corrected chi connectivity index (χ2v) is 11.6. The molecule has 2 aromatic rings. The summed E-state index contributed by atoms with van der Waals surface area (Å²) in [6, 6.07) is 12.7. The third kappa shape index (κ3) is 4.96. The van der Waals surface area contributed by atoms with E-state index in [1.807, 2.05) is 36.8 Å². The molecule has 3 aliphatic heterocycles. The lowest BCUT2D eigenvalue weighted by Crippen LogP contribution is -2.58. The smallest absolute Gasteiger partial charge is 0.320 e. The standard InChI is InChI=1S/C29H38ClN5O2/c1-20-18-25(30)31-21(2)26(20)27(36)33-16-12-29(3,13-17-33)34-14-10-23(11-15-34)35-24(19-32(4)28(35)37)22-8-6-5-7-9-22/h5-9,18,23-24H,10-17,19H2,1-4H3/t24-/m0/s1. The van der Waals surface area contributed by atoms with Gasteiger partial charge in [-0.05, 0) is 63.6 Å². The summed E-state index contributed by atoms with van der Waals surface area (Å²) in [5, 5.41) is 0.429. The number of hydrogen-bond acceptors (Lipinski definition) is 4. The van der Waals surface area contributed by atoms with Crippen LogP contribution in [-0.4, -0.2) is 87.9 Å². The van der Waals surface area contributed by atoms with Gasteiger partial charge < -0.3 is 14.7 Å². The van der Waals surface area contributed by atoms with Crippen LogP contribution in [0, 0.1) is 13.8 Å². The fourth-order valence-corrected chi connectivity index (χ4v) is 6.86. The van der Waals surface area contributed by atoms with E-state index in [0.29, 0.717) is 16.4 Å². The molecule has 5 rings (SSSR count).